The minimum atomic E-state index is -0.814. The van der Waals surface area contributed by atoms with Crippen molar-refractivity contribution >= 4 is 40.4 Å². The molecule has 6 heterocycles. The van der Waals surface area contributed by atoms with Crippen molar-refractivity contribution in [3.63, 3.8) is 0 Å². The fourth-order valence-corrected chi connectivity index (χ4v) is 10.1. The number of hydrogen-bond acceptors (Lipinski definition) is 9. The highest BCUT2D eigenvalue weighted by Crippen LogP contribution is 2.42. The van der Waals surface area contributed by atoms with Crippen molar-refractivity contribution in [3.05, 3.63) is 53.0 Å². The number of nitrogens with zero attached hydrogens (tertiary/aromatic N) is 6. The van der Waals surface area contributed by atoms with Gasteiger partial charge in [-0.05, 0) is 148 Å². The third-order valence-electron chi connectivity index (χ3n) is 13.3. The number of piperidine rings is 3. The molecule has 0 unspecified atom stereocenters. The molecule has 366 valence electrons. The number of alkyl carbamates (subject to hydrolysis) is 1. The predicted octanol–water partition coefficient (Wildman–Crippen LogP) is 7.82. The molecule has 3 aromatic heterocycles. The summed E-state index contributed by atoms with van der Waals surface area (Å²) in [6.45, 7) is 18.1. The number of aryl methyl sites for hydroxylation is 1. The number of amides is 4. The monoisotopic (exact) mass is 931 g/mol. The molecular weight excluding hydrogens is 860 g/mol. The number of benzene rings is 1. The largest absolute Gasteiger partial charge is 0.494 e. The van der Waals surface area contributed by atoms with Crippen LogP contribution < -0.4 is 15.4 Å². The zero-order chi connectivity index (χ0) is 48.4. The van der Waals surface area contributed by atoms with Gasteiger partial charge in [0.1, 0.15) is 35.0 Å². The van der Waals surface area contributed by atoms with Gasteiger partial charge in [0.25, 0.3) is 5.91 Å². The quantitative estimate of drug-likeness (QED) is 0.142. The number of carbonyl (C=O) groups excluding carboxylic acids is 3. The Kier molecular flexibility index (Phi) is 15.1. The second-order valence-corrected chi connectivity index (χ2v) is 20.7. The molecule has 4 amide bonds. The van der Waals surface area contributed by atoms with Crippen LogP contribution in [0.15, 0.2) is 30.5 Å². The number of carbonyl (C=O) groups is 4. The average Bonchev–Trinajstić information content (AvgIpc) is 3.94. The Morgan fingerprint density at radius 3 is 2.27 bits per heavy atom. The van der Waals surface area contributed by atoms with Crippen molar-refractivity contribution in [2.75, 3.05) is 60.1 Å². The molecule has 8 rings (SSSR count). The number of rotatable bonds is 10. The first-order chi connectivity index (χ1) is 31.8. The number of likely N-dealkylation sites (tertiary alicyclic amines) is 2. The first kappa shape index (κ1) is 49.5. The molecule has 4 aliphatic rings. The average molecular weight is 931 g/mol. The van der Waals surface area contributed by atoms with Gasteiger partial charge in [0.05, 0.1) is 23.9 Å². The van der Waals surface area contributed by atoms with Crippen molar-refractivity contribution < 1.29 is 42.9 Å². The maximum atomic E-state index is 15.4. The summed E-state index contributed by atoms with van der Waals surface area (Å²) in [4.78, 5) is 55.2. The summed E-state index contributed by atoms with van der Waals surface area (Å²) in [5.41, 5.74) is 4.79. The lowest BCUT2D eigenvalue weighted by molar-refractivity contribution is -0.136. The molecule has 0 bridgehead atoms. The first-order valence-corrected chi connectivity index (χ1v) is 23.9. The summed E-state index contributed by atoms with van der Waals surface area (Å²) >= 11 is 0. The molecule has 3 N–H and O–H groups in total. The van der Waals surface area contributed by atoms with Crippen molar-refractivity contribution in [1.29, 1.82) is 0 Å². The normalized spacial score (nSPS) is 19.5. The van der Waals surface area contributed by atoms with Gasteiger partial charge in [0.2, 0.25) is 5.91 Å². The minimum absolute atomic E-state index is 0.0207. The van der Waals surface area contributed by atoms with Gasteiger partial charge >= 0.3 is 12.2 Å². The number of aromatic nitrogens is 3. The van der Waals surface area contributed by atoms with Crippen LogP contribution >= 0.6 is 0 Å². The highest BCUT2D eigenvalue weighted by atomic mass is 19.1. The van der Waals surface area contributed by atoms with E-state index in [1.807, 2.05) is 59.4 Å². The molecular formula is C50H71FN8O8. The molecule has 0 spiro atoms. The number of carboxylic acid groups (broad SMARTS) is 1. The van der Waals surface area contributed by atoms with E-state index in [0.29, 0.717) is 43.4 Å². The van der Waals surface area contributed by atoms with E-state index in [-0.39, 0.29) is 47.8 Å². The van der Waals surface area contributed by atoms with Crippen LogP contribution in [-0.2, 0) is 20.8 Å². The summed E-state index contributed by atoms with van der Waals surface area (Å²) in [6, 6.07) is 6.99. The highest BCUT2D eigenvalue weighted by Gasteiger charge is 2.35. The van der Waals surface area contributed by atoms with Crippen LogP contribution in [-0.4, -0.2) is 141 Å². The Bertz CT molecular complexity index is 2440. The van der Waals surface area contributed by atoms with Crippen molar-refractivity contribution in [3.8, 4) is 17.1 Å². The van der Waals surface area contributed by atoms with Crippen LogP contribution in [0.1, 0.15) is 120 Å². The Morgan fingerprint density at radius 1 is 0.925 bits per heavy atom. The molecule has 4 fully saturated rings. The fraction of sp³-hybridized carbons (Fsp3) is 0.620. The molecule has 1 aliphatic carbocycles. The van der Waals surface area contributed by atoms with E-state index in [4.69, 9.17) is 24.4 Å². The Balaban J connectivity index is 0.000000409. The third-order valence-corrected chi connectivity index (χ3v) is 13.3. The molecule has 67 heavy (non-hydrogen) atoms. The molecule has 16 nitrogen and oxygen atoms in total. The van der Waals surface area contributed by atoms with Crippen LogP contribution in [0.25, 0.3) is 27.8 Å². The summed E-state index contributed by atoms with van der Waals surface area (Å²) in [7, 11) is 3.11. The van der Waals surface area contributed by atoms with Gasteiger partial charge in [-0.15, -0.1) is 0 Å². The number of hydrogen-bond donors (Lipinski definition) is 3. The summed E-state index contributed by atoms with van der Waals surface area (Å²) in [5, 5.41) is 21.2. The SMILES string of the molecule is CC(C)(C)N(C(=O)O)[C@@H]1CCCNC1.COCC(=O)N1CCC(c2cc(F)cc3cc(-c4nn5cc(C(=O)N6CCC[C@@H](NC(=O)OC(C)(C)C)C6)cc(OC)c5c4C)n(CC4CC4)c23)CC1. The van der Waals surface area contributed by atoms with Gasteiger partial charge < -0.3 is 44.3 Å². The zero-order valence-corrected chi connectivity index (χ0v) is 40.9. The lowest BCUT2D eigenvalue weighted by atomic mass is 9.88. The van der Waals surface area contributed by atoms with E-state index in [9.17, 15) is 19.2 Å². The van der Waals surface area contributed by atoms with Crippen molar-refractivity contribution in [2.24, 2.45) is 5.92 Å². The van der Waals surface area contributed by atoms with E-state index in [0.717, 1.165) is 110 Å². The number of fused-ring (bicyclic) bond motifs is 2. The van der Waals surface area contributed by atoms with Crippen LogP contribution in [0, 0.1) is 18.7 Å². The van der Waals surface area contributed by atoms with Gasteiger partial charge in [0.15, 0.2) is 0 Å². The number of methoxy groups -OCH3 is 2. The molecule has 0 radical (unpaired) electrons. The first-order valence-electron chi connectivity index (χ1n) is 23.9. The number of nitrogens with one attached hydrogen (secondary N) is 2. The smallest absolute Gasteiger partial charge is 0.408 e. The minimum Gasteiger partial charge on any atom is -0.494 e. The molecule has 17 heteroatoms. The lowest BCUT2D eigenvalue weighted by Crippen LogP contribution is -2.56. The molecule has 3 saturated heterocycles. The maximum Gasteiger partial charge on any atom is 0.408 e. The van der Waals surface area contributed by atoms with E-state index < -0.39 is 17.8 Å². The van der Waals surface area contributed by atoms with Gasteiger partial charge in [-0.25, -0.2) is 18.5 Å². The summed E-state index contributed by atoms with van der Waals surface area (Å²) in [6.07, 6.45) is 7.74. The van der Waals surface area contributed by atoms with E-state index in [1.54, 1.807) is 45.8 Å². The van der Waals surface area contributed by atoms with Crippen LogP contribution in [0.5, 0.6) is 5.75 Å². The molecule has 1 saturated carbocycles. The molecule has 1 aromatic carbocycles. The predicted molar refractivity (Wildman–Crippen MR) is 254 cm³/mol. The van der Waals surface area contributed by atoms with Gasteiger partial charge in [-0.1, -0.05) is 0 Å². The molecule has 3 aliphatic heterocycles. The Labute approximate surface area is 393 Å². The van der Waals surface area contributed by atoms with E-state index in [2.05, 4.69) is 15.2 Å². The maximum absolute atomic E-state index is 15.4. The second-order valence-electron chi connectivity index (χ2n) is 20.7. The van der Waals surface area contributed by atoms with E-state index >= 15 is 4.39 Å². The van der Waals surface area contributed by atoms with Crippen LogP contribution in [0.2, 0.25) is 0 Å². The van der Waals surface area contributed by atoms with Gasteiger partial charge in [0, 0.05) is 81.1 Å². The van der Waals surface area contributed by atoms with Crippen molar-refractivity contribution in [2.45, 2.75) is 136 Å². The Morgan fingerprint density at radius 2 is 1.66 bits per heavy atom. The molecule has 2 atom stereocenters. The highest BCUT2D eigenvalue weighted by molar-refractivity contribution is 5.96. The molecule has 4 aromatic rings. The fourth-order valence-electron chi connectivity index (χ4n) is 10.1. The zero-order valence-electron chi connectivity index (χ0n) is 40.9. The summed E-state index contributed by atoms with van der Waals surface area (Å²) in [5.74, 6) is 0.688. The standard InChI is InChI=1S/C40H51FN6O6.C10H20N2O2/c1-24-35(43-47-21-28(18-33(52-6)36(24)47)38(49)45-13-7-8-30(22-45)42-39(50)53-40(2,3)4)32-17-27-16-29(41)19-31(37(27)46(32)20-25-9-10-25)26-11-14-44(15-12-26)34(48)23-51-5;1-10(2,3)12(9(13)14)8-5-4-6-11-7-8/h16-19,21,25-26,30H,7-15,20,22-23H2,1-6H3,(H,42,50);8,11H,4-7H2,1-3H3,(H,13,14)/t30-;8-/m11/s1. The number of pyridine rings is 1. The third kappa shape index (κ3) is 11.7. The second kappa shape index (κ2) is 20.4. The van der Waals surface area contributed by atoms with Crippen molar-refractivity contribution in [1.82, 2.24) is 39.5 Å². The summed E-state index contributed by atoms with van der Waals surface area (Å²) < 4.78 is 35.8. The number of ether oxygens (including phenoxy) is 3. The van der Waals surface area contributed by atoms with Gasteiger partial charge in [-0.3, -0.25) is 14.5 Å². The van der Waals surface area contributed by atoms with Gasteiger partial charge in [-0.2, -0.15) is 5.10 Å². The van der Waals surface area contributed by atoms with Crippen LogP contribution in [0.4, 0.5) is 14.0 Å². The van der Waals surface area contributed by atoms with E-state index in [1.165, 1.54) is 7.11 Å². The van der Waals surface area contributed by atoms with Crippen LogP contribution in [0.3, 0.4) is 0 Å². The lowest BCUT2D eigenvalue weighted by Gasteiger charge is -2.41. The number of halogens is 1. The Hall–Kier alpha value is -5.42. The topological polar surface area (TPSA) is 172 Å².